The van der Waals surface area contributed by atoms with Gasteiger partial charge in [0.05, 0.1) is 16.4 Å². The molecule has 18 heavy (non-hydrogen) atoms. The van der Waals surface area contributed by atoms with Crippen molar-refractivity contribution in [3.8, 4) is 11.8 Å². The standard InChI is InChI=1S/C14H17NO2S/c16-9-2-1-6-12-7-8-13(18-12)14(17)15-10-11-4-3-5-11/h7-8,11,16H,2-5,9-10H2,(H,15,17). The van der Waals surface area contributed by atoms with Gasteiger partial charge in [-0.2, -0.15) is 0 Å². The summed E-state index contributed by atoms with van der Waals surface area (Å²) < 4.78 is 0. The van der Waals surface area contributed by atoms with Crippen LogP contribution in [-0.2, 0) is 0 Å². The molecule has 0 aromatic carbocycles. The largest absolute Gasteiger partial charge is 0.395 e. The van der Waals surface area contributed by atoms with Crippen LogP contribution < -0.4 is 5.32 Å². The Labute approximate surface area is 111 Å². The minimum absolute atomic E-state index is 0.00195. The van der Waals surface area contributed by atoms with Crippen molar-refractivity contribution < 1.29 is 9.90 Å². The van der Waals surface area contributed by atoms with Crippen molar-refractivity contribution in [3.05, 3.63) is 21.9 Å². The number of aliphatic hydroxyl groups excluding tert-OH is 1. The zero-order valence-electron chi connectivity index (χ0n) is 10.2. The van der Waals surface area contributed by atoms with Crippen LogP contribution in [0.1, 0.15) is 40.2 Å². The van der Waals surface area contributed by atoms with E-state index in [1.807, 2.05) is 12.1 Å². The average molecular weight is 263 g/mol. The second-order valence-corrected chi connectivity index (χ2v) is 5.53. The first-order valence-electron chi connectivity index (χ1n) is 6.27. The Hall–Kier alpha value is -1.31. The molecule has 0 aliphatic heterocycles. The predicted octanol–water partition coefficient (Wildman–Crippen LogP) is 2.01. The summed E-state index contributed by atoms with van der Waals surface area (Å²) in [5, 5.41) is 11.6. The molecule has 0 atom stereocenters. The van der Waals surface area contributed by atoms with E-state index in [4.69, 9.17) is 5.11 Å². The molecule has 1 aromatic rings. The lowest BCUT2D eigenvalue weighted by molar-refractivity contribution is 0.0943. The van der Waals surface area contributed by atoms with Gasteiger partial charge < -0.3 is 10.4 Å². The highest BCUT2D eigenvalue weighted by atomic mass is 32.1. The van der Waals surface area contributed by atoms with Crippen LogP contribution >= 0.6 is 11.3 Å². The van der Waals surface area contributed by atoms with Gasteiger partial charge in [0.25, 0.3) is 5.91 Å². The Morgan fingerprint density at radius 2 is 2.33 bits per heavy atom. The first-order chi connectivity index (χ1) is 8.79. The summed E-state index contributed by atoms with van der Waals surface area (Å²) in [6.45, 7) is 0.870. The topological polar surface area (TPSA) is 49.3 Å². The molecule has 0 spiro atoms. The molecule has 1 heterocycles. The average Bonchev–Trinajstić information content (AvgIpc) is 2.76. The number of aliphatic hydroxyl groups is 1. The van der Waals surface area contributed by atoms with Crippen LogP contribution in [0, 0.1) is 17.8 Å². The van der Waals surface area contributed by atoms with E-state index >= 15 is 0 Å². The molecule has 96 valence electrons. The molecule has 1 amide bonds. The van der Waals surface area contributed by atoms with Gasteiger partial charge in [-0.1, -0.05) is 18.3 Å². The van der Waals surface area contributed by atoms with E-state index < -0.39 is 0 Å². The van der Waals surface area contributed by atoms with Gasteiger partial charge in [0, 0.05) is 13.0 Å². The van der Waals surface area contributed by atoms with Crippen molar-refractivity contribution in [2.75, 3.05) is 13.2 Å². The van der Waals surface area contributed by atoms with E-state index in [0.29, 0.717) is 17.2 Å². The van der Waals surface area contributed by atoms with Crippen molar-refractivity contribution in [1.82, 2.24) is 5.32 Å². The monoisotopic (exact) mass is 263 g/mol. The Kier molecular flexibility index (Phi) is 4.80. The van der Waals surface area contributed by atoms with E-state index in [1.165, 1.54) is 30.6 Å². The number of carbonyl (C=O) groups excluding carboxylic acids is 1. The summed E-state index contributed by atoms with van der Waals surface area (Å²) in [6, 6.07) is 3.66. The van der Waals surface area contributed by atoms with Crippen LogP contribution in [0.25, 0.3) is 0 Å². The first-order valence-corrected chi connectivity index (χ1v) is 7.09. The molecule has 2 rings (SSSR count). The number of amides is 1. The molecule has 1 aromatic heterocycles. The highest BCUT2D eigenvalue weighted by molar-refractivity contribution is 7.14. The molecule has 0 bridgehead atoms. The van der Waals surface area contributed by atoms with Gasteiger partial charge in [-0.15, -0.1) is 11.3 Å². The molecule has 0 radical (unpaired) electrons. The number of rotatable bonds is 4. The summed E-state index contributed by atoms with van der Waals surface area (Å²) in [7, 11) is 0. The maximum absolute atomic E-state index is 11.8. The molecule has 0 unspecified atom stereocenters. The molecule has 1 fully saturated rings. The maximum Gasteiger partial charge on any atom is 0.261 e. The number of thiophene rings is 1. The van der Waals surface area contributed by atoms with Crippen LogP contribution in [0.2, 0.25) is 0 Å². The van der Waals surface area contributed by atoms with Gasteiger partial charge in [-0.3, -0.25) is 4.79 Å². The highest BCUT2D eigenvalue weighted by Crippen LogP contribution is 2.25. The Balaban J connectivity index is 1.84. The lowest BCUT2D eigenvalue weighted by Crippen LogP contribution is -2.31. The highest BCUT2D eigenvalue weighted by Gasteiger charge is 2.18. The Morgan fingerprint density at radius 1 is 1.50 bits per heavy atom. The molecule has 1 aliphatic rings. The van der Waals surface area contributed by atoms with Crippen molar-refractivity contribution in [1.29, 1.82) is 0 Å². The number of hydrogen-bond donors (Lipinski definition) is 2. The zero-order valence-corrected chi connectivity index (χ0v) is 11.1. The van der Waals surface area contributed by atoms with E-state index in [0.717, 1.165) is 11.4 Å². The normalized spacial score (nSPS) is 14.5. The molecular formula is C14H17NO2S. The lowest BCUT2D eigenvalue weighted by Gasteiger charge is -2.25. The fourth-order valence-corrected chi connectivity index (χ4v) is 2.55. The van der Waals surface area contributed by atoms with Gasteiger partial charge in [0.2, 0.25) is 0 Å². The van der Waals surface area contributed by atoms with Crippen molar-refractivity contribution in [2.45, 2.75) is 25.7 Å². The van der Waals surface area contributed by atoms with E-state index in [1.54, 1.807) is 0 Å². The lowest BCUT2D eigenvalue weighted by atomic mass is 9.85. The van der Waals surface area contributed by atoms with Crippen LogP contribution in [-0.4, -0.2) is 24.2 Å². The molecule has 2 N–H and O–H groups in total. The number of hydrogen-bond acceptors (Lipinski definition) is 3. The van der Waals surface area contributed by atoms with Gasteiger partial charge in [-0.05, 0) is 30.9 Å². The Bertz CT molecular complexity index is 466. The van der Waals surface area contributed by atoms with Crippen LogP contribution in [0.4, 0.5) is 0 Å². The fourth-order valence-electron chi connectivity index (χ4n) is 1.75. The molecule has 0 saturated heterocycles. The van der Waals surface area contributed by atoms with E-state index in [-0.39, 0.29) is 12.5 Å². The number of nitrogens with one attached hydrogen (secondary N) is 1. The third kappa shape index (κ3) is 3.59. The van der Waals surface area contributed by atoms with Gasteiger partial charge in [0.1, 0.15) is 0 Å². The first kappa shape index (κ1) is 13.1. The maximum atomic E-state index is 11.8. The Morgan fingerprint density at radius 3 is 3.00 bits per heavy atom. The van der Waals surface area contributed by atoms with Crippen molar-refractivity contribution >= 4 is 17.2 Å². The van der Waals surface area contributed by atoms with E-state index in [9.17, 15) is 4.79 Å². The summed E-state index contributed by atoms with van der Waals surface area (Å²) in [5.74, 6) is 6.47. The molecule has 1 aliphatic carbocycles. The van der Waals surface area contributed by atoms with Gasteiger partial charge in [0.15, 0.2) is 0 Å². The van der Waals surface area contributed by atoms with Crippen molar-refractivity contribution in [2.24, 2.45) is 5.92 Å². The molecule has 4 heteroatoms. The van der Waals surface area contributed by atoms with E-state index in [2.05, 4.69) is 17.2 Å². The third-order valence-electron chi connectivity index (χ3n) is 3.05. The number of carbonyl (C=O) groups is 1. The predicted molar refractivity (Wildman–Crippen MR) is 72.6 cm³/mol. The summed E-state index contributed by atoms with van der Waals surface area (Å²) >= 11 is 1.40. The minimum Gasteiger partial charge on any atom is -0.395 e. The van der Waals surface area contributed by atoms with Crippen molar-refractivity contribution in [3.63, 3.8) is 0 Å². The van der Waals surface area contributed by atoms with Crippen LogP contribution in [0.5, 0.6) is 0 Å². The molecular weight excluding hydrogens is 246 g/mol. The van der Waals surface area contributed by atoms with Gasteiger partial charge in [-0.25, -0.2) is 0 Å². The van der Waals surface area contributed by atoms with Gasteiger partial charge >= 0.3 is 0 Å². The zero-order chi connectivity index (χ0) is 12.8. The summed E-state index contributed by atoms with van der Waals surface area (Å²) in [5.41, 5.74) is 0. The summed E-state index contributed by atoms with van der Waals surface area (Å²) in [4.78, 5) is 13.4. The SMILES string of the molecule is O=C(NCC1CCC1)c1ccc(C#CCCO)s1. The molecule has 3 nitrogen and oxygen atoms in total. The fraction of sp³-hybridized carbons (Fsp3) is 0.500. The van der Waals surface area contributed by atoms with Crippen LogP contribution in [0.15, 0.2) is 12.1 Å². The molecule has 1 saturated carbocycles. The third-order valence-corrected chi connectivity index (χ3v) is 4.05. The minimum atomic E-state index is 0.00195. The second-order valence-electron chi connectivity index (χ2n) is 4.45. The quantitative estimate of drug-likeness (QED) is 0.816. The summed E-state index contributed by atoms with van der Waals surface area (Å²) in [6.07, 6.45) is 4.25. The van der Waals surface area contributed by atoms with Crippen LogP contribution in [0.3, 0.4) is 0 Å². The smallest absolute Gasteiger partial charge is 0.261 e. The second kappa shape index (κ2) is 6.58.